The monoisotopic (exact) mass is 599 g/mol. The van der Waals surface area contributed by atoms with Gasteiger partial charge >= 0.3 is 0 Å². The maximum Gasteiger partial charge on any atom is 0.280 e. The van der Waals surface area contributed by atoms with Crippen LogP contribution in [0, 0.1) is 5.92 Å². The lowest BCUT2D eigenvalue weighted by atomic mass is 9.89. The topological polar surface area (TPSA) is 139 Å². The van der Waals surface area contributed by atoms with Crippen molar-refractivity contribution in [2.45, 2.75) is 63.2 Å². The summed E-state index contributed by atoms with van der Waals surface area (Å²) in [6.07, 6.45) is 12.3. The highest BCUT2D eigenvalue weighted by Gasteiger charge is 2.30. The molecule has 2 aliphatic rings. The van der Waals surface area contributed by atoms with E-state index in [0.29, 0.717) is 64.6 Å². The van der Waals surface area contributed by atoms with Crippen LogP contribution >= 0.6 is 11.3 Å². The number of piperidine rings is 1. The van der Waals surface area contributed by atoms with Crippen LogP contribution in [0.1, 0.15) is 73.4 Å². The lowest BCUT2D eigenvalue weighted by Gasteiger charge is -2.31. The number of likely N-dealkylation sites (tertiary alicyclic amines) is 1. The lowest BCUT2D eigenvalue weighted by Crippen LogP contribution is -2.35. The molecule has 1 aliphatic heterocycles. The third kappa shape index (κ3) is 7.57. The fourth-order valence-corrected chi connectivity index (χ4v) is 7.78. The molecular weight excluding hydrogens is 562 g/mol. The summed E-state index contributed by atoms with van der Waals surface area (Å²) in [4.78, 5) is 34.0. The number of carbonyl (C=O) groups is 1. The molecule has 41 heavy (non-hydrogen) atoms. The zero-order valence-electron chi connectivity index (χ0n) is 23.5. The number of nitrogens with one attached hydrogen (secondary N) is 2. The average molecular weight is 600 g/mol. The number of sulfonamides is 1. The minimum atomic E-state index is -3.48. The van der Waals surface area contributed by atoms with Crippen LogP contribution < -0.4 is 14.8 Å². The van der Waals surface area contributed by atoms with Gasteiger partial charge in [-0.05, 0) is 77.2 Å². The number of anilines is 1. The van der Waals surface area contributed by atoms with Crippen LogP contribution in [0.2, 0.25) is 0 Å². The van der Waals surface area contributed by atoms with E-state index in [1.54, 1.807) is 36.9 Å². The highest BCUT2D eigenvalue weighted by atomic mass is 32.2. The minimum Gasteiger partial charge on any atom is -0.477 e. The van der Waals surface area contributed by atoms with Gasteiger partial charge in [0.1, 0.15) is 5.69 Å². The van der Waals surface area contributed by atoms with Crippen LogP contribution in [0.3, 0.4) is 0 Å². The van der Waals surface area contributed by atoms with Crippen LogP contribution in [0.15, 0.2) is 36.9 Å². The van der Waals surface area contributed by atoms with Crippen molar-refractivity contribution in [3.05, 3.63) is 47.6 Å². The molecule has 0 bridgehead atoms. The number of pyridine rings is 1. The summed E-state index contributed by atoms with van der Waals surface area (Å²) < 4.78 is 34.1. The predicted octanol–water partition coefficient (Wildman–Crippen LogP) is 4.28. The van der Waals surface area contributed by atoms with Crippen molar-refractivity contribution in [1.82, 2.24) is 30.2 Å². The first kappa shape index (κ1) is 29.3. The summed E-state index contributed by atoms with van der Waals surface area (Å²) in [5, 5.41) is 3.08. The number of thiazole rings is 1. The Hall–Kier alpha value is -3.16. The Morgan fingerprint density at radius 1 is 1.15 bits per heavy atom. The van der Waals surface area contributed by atoms with Gasteiger partial charge in [0.15, 0.2) is 5.01 Å². The molecule has 2 fully saturated rings. The Morgan fingerprint density at radius 3 is 2.68 bits per heavy atom. The van der Waals surface area contributed by atoms with Crippen LogP contribution in [-0.2, 0) is 10.0 Å². The zero-order chi connectivity index (χ0) is 28.8. The summed E-state index contributed by atoms with van der Waals surface area (Å²) >= 11 is 1.23. The summed E-state index contributed by atoms with van der Waals surface area (Å²) in [6.45, 7) is 4.35. The van der Waals surface area contributed by atoms with Gasteiger partial charge in [0.25, 0.3) is 5.91 Å². The number of rotatable bonds is 11. The minimum absolute atomic E-state index is 0.301. The molecule has 13 heteroatoms. The molecule has 3 aromatic rings. The van der Waals surface area contributed by atoms with E-state index in [-0.39, 0.29) is 11.2 Å². The summed E-state index contributed by atoms with van der Waals surface area (Å²) in [5.41, 5.74) is 1.67. The van der Waals surface area contributed by atoms with Crippen LogP contribution in [0.25, 0.3) is 10.6 Å². The van der Waals surface area contributed by atoms with Gasteiger partial charge in [-0.15, -0.1) is 11.3 Å². The maximum absolute atomic E-state index is 13.5. The Balaban J connectivity index is 1.35. The summed E-state index contributed by atoms with van der Waals surface area (Å²) in [5.74, 6) is 0.504. The summed E-state index contributed by atoms with van der Waals surface area (Å²) in [7, 11) is -1.37. The largest absolute Gasteiger partial charge is 0.477 e. The number of aromatic nitrogens is 4. The molecule has 3 aromatic heterocycles. The van der Waals surface area contributed by atoms with Crippen molar-refractivity contribution >= 4 is 33.0 Å². The van der Waals surface area contributed by atoms with Crippen molar-refractivity contribution < 1.29 is 17.9 Å². The van der Waals surface area contributed by atoms with E-state index >= 15 is 0 Å². The number of amides is 1. The molecule has 1 saturated heterocycles. The molecule has 0 radical (unpaired) electrons. The molecule has 1 saturated carbocycles. The Kier molecular flexibility index (Phi) is 9.46. The maximum atomic E-state index is 13.5. The molecule has 11 nitrogen and oxygen atoms in total. The van der Waals surface area contributed by atoms with Gasteiger partial charge < -0.3 is 15.0 Å². The molecule has 1 aliphatic carbocycles. The number of hydrogen-bond donors (Lipinski definition) is 2. The molecule has 2 N–H and O–H groups in total. The van der Waals surface area contributed by atoms with E-state index in [4.69, 9.17) is 4.74 Å². The quantitative estimate of drug-likeness (QED) is 0.331. The van der Waals surface area contributed by atoms with Gasteiger partial charge in [0.05, 0.1) is 46.6 Å². The molecule has 1 amide bonds. The highest BCUT2D eigenvalue weighted by molar-refractivity contribution is 7.93. The number of carbonyl (C=O) groups excluding carboxylic acids is 1. The molecule has 0 spiro atoms. The fraction of sp³-hybridized carbons (Fsp3) is 0.536. The molecule has 4 heterocycles. The van der Waals surface area contributed by atoms with Crippen molar-refractivity contribution in [3.63, 3.8) is 0 Å². The smallest absolute Gasteiger partial charge is 0.280 e. The fourth-order valence-electron chi connectivity index (χ4n) is 5.44. The van der Waals surface area contributed by atoms with E-state index in [9.17, 15) is 13.2 Å². The van der Waals surface area contributed by atoms with Crippen LogP contribution in [0.4, 0.5) is 5.69 Å². The summed E-state index contributed by atoms with van der Waals surface area (Å²) in [6, 6.07) is 3.00. The second-order valence-electron chi connectivity index (χ2n) is 10.7. The van der Waals surface area contributed by atoms with Crippen molar-refractivity contribution in [1.29, 1.82) is 0 Å². The number of hydrogen-bond acceptors (Lipinski definition) is 10. The van der Waals surface area contributed by atoms with Gasteiger partial charge in [-0.1, -0.05) is 12.8 Å². The van der Waals surface area contributed by atoms with E-state index < -0.39 is 16.1 Å². The molecular formula is C28H37N7O4S2. The standard InChI is InChI=1S/C28H37N7O4S2/c1-3-39-26-18-29-16-24(32-26)25-17-31-28(40-25)27(36)33-23(14-19-9-12-35(2)13-10-19)22-15-20(8-11-30-22)34-41(37,38)21-6-4-5-7-21/h8,11,15-19,21,23H,3-7,9-10,12-14H2,1-2H3,(H,30,34)(H,33,36)/t23-/m0/s1. The molecule has 220 valence electrons. The van der Waals surface area contributed by atoms with Gasteiger partial charge in [-0.25, -0.2) is 18.4 Å². The van der Waals surface area contributed by atoms with Crippen LogP contribution in [-0.4, -0.2) is 71.2 Å². The third-order valence-electron chi connectivity index (χ3n) is 7.71. The predicted molar refractivity (Wildman–Crippen MR) is 158 cm³/mol. The molecule has 1 atom stereocenters. The van der Waals surface area contributed by atoms with Gasteiger partial charge in [-0.3, -0.25) is 19.5 Å². The van der Waals surface area contributed by atoms with Crippen molar-refractivity contribution in [3.8, 4) is 16.5 Å². The average Bonchev–Trinajstić information content (AvgIpc) is 3.68. The van der Waals surface area contributed by atoms with E-state index in [1.807, 2.05) is 6.92 Å². The van der Waals surface area contributed by atoms with E-state index in [2.05, 4.69) is 41.9 Å². The zero-order valence-corrected chi connectivity index (χ0v) is 25.1. The van der Waals surface area contributed by atoms with Crippen molar-refractivity contribution in [2.75, 3.05) is 31.5 Å². The van der Waals surface area contributed by atoms with Crippen LogP contribution in [0.5, 0.6) is 5.88 Å². The Bertz CT molecular complexity index is 1430. The SMILES string of the molecule is CCOc1cncc(-c2cnc(C(=O)N[C@@H](CC3CCN(C)CC3)c3cc(NS(=O)(=O)C4CCCC4)ccn3)s2)n1. The first-order chi connectivity index (χ1) is 19.8. The lowest BCUT2D eigenvalue weighted by molar-refractivity contribution is 0.0923. The first-order valence-corrected chi connectivity index (χ1v) is 16.5. The number of nitrogens with zero attached hydrogens (tertiary/aromatic N) is 5. The van der Waals surface area contributed by atoms with Gasteiger partial charge in [0, 0.05) is 12.4 Å². The Labute approximate surface area is 245 Å². The van der Waals surface area contributed by atoms with Gasteiger partial charge in [-0.2, -0.15) is 0 Å². The highest BCUT2D eigenvalue weighted by Crippen LogP contribution is 2.31. The second-order valence-corrected chi connectivity index (χ2v) is 13.7. The third-order valence-corrected chi connectivity index (χ3v) is 10.6. The van der Waals surface area contributed by atoms with Crippen molar-refractivity contribution in [2.24, 2.45) is 5.92 Å². The molecule has 0 aromatic carbocycles. The Morgan fingerprint density at radius 2 is 1.93 bits per heavy atom. The molecule has 5 rings (SSSR count). The van der Waals surface area contributed by atoms with Gasteiger partial charge in [0.2, 0.25) is 15.9 Å². The number of ether oxygens (including phenoxy) is 1. The second kappa shape index (κ2) is 13.2. The first-order valence-electron chi connectivity index (χ1n) is 14.2. The molecule has 0 unspecified atom stereocenters. The van der Waals surface area contributed by atoms with E-state index in [1.165, 1.54) is 11.3 Å². The normalized spacial score (nSPS) is 17.8. The van der Waals surface area contributed by atoms with E-state index in [0.717, 1.165) is 38.8 Å².